The number of nitrogens with zero attached hydrogens (tertiary/aromatic N) is 3. The molecular formula is C12H15N5O. The van der Waals surface area contributed by atoms with Crippen molar-refractivity contribution in [3.05, 3.63) is 42.1 Å². The lowest BCUT2D eigenvalue weighted by Crippen LogP contribution is -2.17. The molecule has 1 amide bonds. The number of carbonyl (C=O) groups is 1. The summed E-state index contributed by atoms with van der Waals surface area (Å²) in [5, 5.41) is 3.09. The Balaban J connectivity index is 1.99. The van der Waals surface area contributed by atoms with Gasteiger partial charge in [-0.2, -0.15) is 0 Å². The summed E-state index contributed by atoms with van der Waals surface area (Å²) < 4.78 is 1.95. The molecule has 0 spiro atoms. The third kappa shape index (κ3) is 2.65. The van der Waals surface area contributed by atoms with Crippen molar-refractivity contribution in [2.45, 2.75) is 6.42 Å². The molecular weight excluding hydrogens is 230 g/mol. The number of hydrogen-bond acceptors (Lipinski definition) is 4. The summed E-state index contributed by atoms with van der Waals surface area (Å²) >= 11 is 0. The number of anilines is 1. The van der Waals surface area contributed by atoms with Crippen LogP contribution in [0.5, 0.6) is 0 Å². The molecule has 0 aliphatic rings. The average Bonchev–Trinajstić information content (AvgIpc) is 2.76. The van der Waals surface area contributed by atoms with Crippen LogP contribution >= 0.6 is 0 Å². The van der Waals surface area contributed by atoms with Gasteiger partial charge in [0.15, 0.2) is 0 Å². The van der Waals surface area contributed by atoms with Crippen LogP contribution in [0.3, 0.4) is 0 Å². The summed E-state index contributed by atoms with van der Waals surface area (Å²) in [6.45, 7) is 0.641. The lowest BCUT2D eigenvalue weighted by molar-refractivity contribution is 0.100. The Hall–Kier alpha value is -2.37. The first-order valence-electron chi connectivity index (χ1n) is 5.63. The number of carbonyl (C=O) groups excluding carboxylic acids is 1. The van der Waals surface area contributed by atoms with E-state index in [1.807, 2.05) is 17.8 Å². The van der Waals surface area contributed by atoms with E-state index in [2.05, 4.69) is 15.3 Å². The van der Waals surface area contributed by atoms with Crippen LogP contribution in [-0.2, 0) is 13.5 Å². The van der Waals surface area contributed by atoms with Crippen molar-refractivity contribution in [1.29, 1.82) is 0 Å². The normalized spacial score (nSPS) is 10.3. The van der Waals surface area contributed by atoms with E-state index < -0.39 is 5.91 Å². The van der Waals surface area contributed by atoms with Gasteiger partial charge in [-0.1, -0.05) is 0 Å². The zero-order valence-electron chi connectivity index (χ0n) is 10.1. The molecule has 0 fully saturated rings. The van der Waals surface area contributed by atoms with Gasteiger partial charge in [-0.05, 0) is 12.1 Å². The van der Waals surface area contributed by atoms with E-state index in [0.717, 1.165) is 12.2 Å². The lowest BCUT2D eigenvalue weighted by atomic mass is 10.2. The lowest BCUT2D eigenvalue weighted by Gasteiger charge is -2.08. The number of primary amides is 1. The van der Waals surface area contributed by atoms with Crippen molar-refractivity contribution < 1.29 is 4.79 Å². The highest BCUT2D eigenvalue weighted by molar-refractivity contribution is 5.97. The van der Waals surface area contributed by atoms with Crippen molar-refractivity contribution in [3.63, 3.8) is 0 Å². The van der Waals surface area contributed by atoms with Crippen LogP contribution < -0.4 is 11.1 Å². The Morgan fingerprint density at radius 2 is 2.28 bits per heavy atom. The van der Waals surface area contributed by atoms with Crippen LogP contribution in [0.25, 0.3) is 0 Å². The van der Waals surface area contributed by atoms with Crippen LogP contribution in [-0.4, -0.2) is 27.0 Å². The second-order valence-corrected chi connectivity index (χ2v) is 3.89. The quantitative estimate of drug-likeness (QED) is 0.806. The monoisotopic (exact) mass is 245 g/mol. The minimum Gasteiger partial charge on any atom is -0.369 e. The van der Waals surface area contributed by atoms with Crippen LogP contribution in [0.2, 0.25) is 0 Å². The fourth-order valence-corrected chi connectivity index (χ4v) is 1.68. The van der Waals surface area contributed by atoms with E-state index in [1.165, 1.54) is 0 Å². The SMILES string of the molecule is Cn1ccnc1CCNc1ncccc1C(N)=O. The van der Waals surface area contributed by atoms with Crippen LogP contribution in [0.1, 0.15) is 16.2 Å². The molecule has 2 heterocycles. The largest absolute Gasteiger partial charge is 0.369 e. The highest BCUT2D eigenvalue weighted by Gasteiger charge is 2.08. The molecule has 0 aliphatic heterocycles. The molecule has 2 aromatic rings. The maximum atomic E-state index is 11.2. The molecule has 0 aliphatic carbocycles. The molecule has 0 aromatic carbocycles. The summed E-state index contributed by atoms with van der Waals surface area (Å²) in [4.78, 5) is 19.5. The van der Waals surface area contributed by atoms with Gasteiger partial charge in [0.05, 0.1) is 5.56 Å². The van der Waals surface area contributed by atoms with E-state index in [1.54, 1.807) is 24.5 Å². The van der Waals surface area contributed by atoms with Crippen molar-refractivity contribution in [1.82, 2.24) is 14.5 Å². The standard InChI is InChI=1S/C12H15N5O/c1-17-8-7-14-10(17)4-6-16-12-9(11(13)18)3-2-5-15-12/h2-3,5,7-8H,4,6H2,1H3,(H2,13,18)(H,15,16). The zero-order valence-corrected chi connectivity index (χ0v) is 10.1. The molecule has 0 unspecified atom stereocenters. The Kier molecular flexibility index (Phi) is 3.57. The fraction of sp³-hybridized carbons (Fsp3) is 0.250. The highest BCUT2D eigenvalue weighted by atomic mass is 16.1. The molecule has 0 saturated heterocycles. The molecule has 3 N–H and O–H groups in total. The van der Waals surface area contributed by atoms with Gasteiger partial charge >= 0.3 is 0 Å². The Labute approximate surface area is 105 Å². The van der Waals surface area contributed by atoms with Gasteiger partial charge < -0.3 is 15.6 Å². The third-order valence-corrected chi connectivity index (χ3v) is 2.64. The van der Waals surface area contributed by atoms with Crippen LogP contribution in [0, 0.1) is 0 Å². The van der Waals surface area contributed by atoms with Crippen LogP contribution in [0.4, 0.5) is 5.82 Å². The summed E-state index contributed by atoms with van der Waals surface area (Å²) in [7, 11) is 1.94. The van der Waals surface area contributed by atoms with Gasteiger partial charge in [-0.15, -0.1) is 0 Å². The second-order valence-electron chi connectivity index (χ2n) is 3.89. The molecule has 2 rings (SSSR count). The molecule has 0 atom stereocenters. The summed E-state index contributed by atoms with van der Waals surface area (Å²) in [5.41, 5.74) is 5.67. The van der Waals surface area contributed by atoms with Crippen LogP contribution in [0.15, 0.2) is 30.7 Å². The van der Waals surface area contributed by atoms with Gasteiger partial charge in [0, 0.05) is 38.6 Å². The number of rotatable bonds is 5. The number of pyridine rings is 1. The number of aromatic nitrogens is 3. The van der Waals surface area contributed by atoms with Crippen molar-refractivity contribution in [2.24, 2.45) is 12.8 Å². The van der Waals surface area contributed by atoms with Gasteiger partial charge in [0.2, 0.25) is 0 Å². The molecule has 0 saturated carbocycles. The predicted molar refractivity (Wildman–Crippen MR) is 68.2 cm³/mol. The average molecular weight is 245 g/mol. The summed E-state index contributed by atoms with van der Waals surface area (Å²) in [6, 6.07) is 3.34. The van der Waals surface area contributed by atoms with Crippen molar-refractivity contribution in [3.8, 4) is 0 Å². The molecule has 6 nitrogen and oxygen atoms in total. The first kappa shape index (κ1) is 12.1. The zero-order chi connectivity index (χ0) is 13.0. The summed E-state index contributed by atoms with van der Waals surface area (Å²) in [5.74, 6) is 1.00. The highest BCUT2D eigenvalue weighted by Crippen LogP contribution is 2.10. The Morgan fingerprint density at radius 3 is 2.94 bits per heavy atom. The molecule has 0 bridgehead atoms. The smallest absolute Gasteiger partial charge is 0.252 e. The van der Waals surface area contributed by atoms with E-state index in [9.17, 15) is 4.79 Å². The van der Waals surface area contributed by atoms with Gasteiger partial charge in [-0.25, -0.2) is 9.97 Å². The first-order valence-corrected chi connectivity index (χ1v) is 5.63. The van der Waals surface area contributed by atoms with Gasteiger partial charge in [0.1, 0.15) is 11.6 Å². The maximum absolute atomic E-state index is 11.2. The third-order valence-electron chi connectivity index (χ3n) is 2.64. The van der Waals surface area contributed by atoms with Gasteiger partial charge in [0.25, 0.3) is 5.91 Å². The van der Waals surface area contributed by atoms with E-state index >= 15 is 0 Å². The number of aryl methyl sites for hydroxylation is 1. The topological polar surface area (TPSA) is 85.8 Å². The second kappa shape index (κ2) is 5.31. The van der Waals surface area contributed by atoms with E-state index in [4.69, 9.17) is 5.73 Å². The number of nitrogens with two attached hydrogens (primary N) is 1. The first-order chi connectivity index (χ1) is 8.68. The maximum Gasteiger partial charge on any atom is 0.252 e. The number of imidazole rings is 1. The minimum absolute atomic E-state index is 0.400. The number of amides is 1. The van der Waals surface area contributed by atoms with Gasteiger partial charge in [-0.3, -0.25) is 4.79 Å². The predicted octanol–water partition coefficient (Wildman–Crippen LogP) is 0.569. The Bertz CT molecular complexity index is 549. The molecule has 0 radical (unpaired) electrons. The van der Waals surface area contributed by atoms with Crippen molar-refractivity contribution >= 4 is 11.7 Å². The number of nitrogens with one attached hydrogen (secondary N) is 1. The van der Waals surface area contributed by atoms with E-state index in [0.29, 0.717) is 17.9 Å². The Morgan fingerprint density at radius 1 is 1.44 bits per heavy atom. The van der Waals surface area contributed by atoms with E-state index in [-0.39, 0.29) is 0 Å². The molecule has 6 heteroatoms. The number of hydrogen-bond donors (Lipinski definition) is 2. The molecule has 18 heavy (non-hydrogen) atoms. The fourth-order valence-electron chi connectivity index (χ4n) is 1.68. The summed E-state index contributed by atoms with van der Waals surface area (Å²) in [6.07, 6.45) is 6.02. The van der Waals surface area contributed by atoms with Crippen molar-refractivity contribution in [2.75, 3.05) is 11.9 Å². The molecule has 2 aromatic heterocycles. The minimum atomic E-state index is -0.484. The molecule has 94 valence electrons.